The fraction of sp³-hybridized carbons (Fsp3) is 0.538. The molecule has 0 heterocycles. The van der Waals surface area contributed by atoms with Gasteiger partial charge in [-0.1, -0.05) is 31.2 Å². The summed E-state index contributed by atoms with van der Waals surface area (Å²) in [5.74, 6) is 0.744. The lowest BCUT2D eigenvalue weighted by Crippen LogP contribution is -2.49. The van der Waals surface area contributed by atoms with Gasteiger partial charge in [0.2, 0.25) is 0 Å². The molecule has 0 bridgehead atoms. The molecular weight excluding hydrogens is 170 g/mol. The summed E-state index contributed by atoms with van der Waals surface area (Å²) in [5.41, 5.74) is 9.11. The Morgan fingerprint density at radius 3 is 2.57 bits per heavy atom. The first-order chi connectivity index (χ1) is 6.70. The van der Waals surface area contributed by atoms with Crippen LogP contribution in [0.5, 0.6) is 0 Å². The van der Waals surface area contributed by atoms with Crippen LogP contribution < -0.4 is 5.73 Å². The number of rotatable bonds is 2. The number of hydrogen-bond donors (Lipinski definition) is 1. The largest absolute Gasteiger partial charge is 0.330 e. The van der Waals surface area contributed by atoms with Crippen LogP contribution in [0.15, 0.2) is 24.3 Å². The SMILES string of the molecule is Cc1ccccc1C1(CN)CCC1C. The summed E-state index contributed by atoms with van der Waals surface area (Å²) in [6.07, 6.45) is 2.58. The van der Waals surface area contributed by atoms with Crippen molar-refractivity contribution in [3.63, 3.8) is 0 Å². The van der Waals surface area contributed by atoms with Gasteiger partial charge >= 0.3 is 0 Å². The molecule has 1 saturated carbocycles. The second-order valence-corrected chi connectivity index (χ2v) is 4.61. The molecule has 1 aliphatic carbocycles. The minimum atomic E-state index is 0.283. The topological polar surface area (TPSA) is 26.0 Å². The van der Waals surface area contributed by atoms with Crippen LogP contribution in [0.3, 0.4) is 0 Å². The van der Waals surface area contributed by atoms with E-state index < -0.39 is 0 Å². The van der Waals surface area contributed by atoms with E-state index in [0.29, 0.717) is 0 Å². The number of aryl methyl sites for hydroxylation is 1. The molecule has 0 aliphatic heterocycles. The van der Waals surface area contributed by atoms with E-state index in [1.807, 2.05) is 0 Å². The van der Waals surface area contributed by atoms with Gasteiger partial charge in [0, 0.05) is 12.0 Å². The Bertz CT molecular complexity index is 328. The smallest absolute Gasteiger partial charge is 0.0104 e. The molecule has 1 heteroatoms. The van der Waals surface area contributed by atoms with Gasteiger partial charge in [0.05, 0.1) is 0 Å². The summed E-state index contributed by atoms with van der Waals surface area (Å²) in [7, 11) is 0. The first kappa shape index (κ1) is 9.72. The second kappa shape index (κ2) is 3.39. The summed E-state index contributed by atoms with van der Waals surface area (Å²) >= 11 is 0. The minimum absolute atomic E-state index is 0.283. The zero-order chi connectivity index (χ0) is 10.2. The zero-order valence-electron chi connectivity index (χ0n) is 9.09. The molecule has 2 atom stereocenters. The van der Waals surface area contributed by atoms with Crippen LogP contribution >= 0.6 is 0 Å². The fourth-order valence-electron chi connectivity index (χ4n) is 2.73. The maximum absolute atomic E-state index is 5.96. The van der Waals surface area contributed by atoms with Gasteiger partial charge in [0.25, 0.3) is 0 Å². The third-order valence-corrected chi connectivity index (χ3v) is 4.01. The van der Waals surface area contributed by atoms with Crippen LogP contribution in [0.25, 0.3) is 0 Å². The standard InChI is InChI=1S/C13H19N/c1-10-5-3-4-6-12(10)13(9-14)8-7-11(13)2/h3-6,11H,7-9,14H2,1-2H3. The molecule has 1 fully saturated rings. The van der Waals surface area contributed by atoms with E-state index in [2.05, 4.69) is 38.1 Å². The Labute approximate surface area is 86.3 Å². The summed E-state index contributed by atoms with van der Waals surface area (Å²) in [4.78, 5) is 0. The van der Waals surface area contributed by atoms with Crippen LogP contribution in [0.1, 0.15) is 30.9 Å². The summed E-state index contributed by atoms with van der Waals surface area (Å²) < 4.78 is 0. The first-order valence-electron chi connectivity index (χ1n) is 5.47. The molecule has 0 spiro atoms. The lowest BCUT2D eigenvalue weighted by Gasteiger charge is -2.48. The van der Waals surface area contributed by atoms with Crippen molar-refractivity contribution in [1.82, 2.24) is 0 Å². The van der Waals surface area contributed by atoms with Gasteiger partial charge in [-0.15, -0.1) is 0 Å². The molecule has 0 radical (unpaired) electrons. The van der Waals surface area contributed by atoms with Crippen molar-refractivity contribution < 1.29 is 0 Å². The van der Waals surface area contributed by atoms with Crippen molar-refractivity contribution in [1.29, 1.82) is 0 Å². The van der Waals surface area contributed by atoms with Crippen molar-refractivity contribution in [2.75, 3.05) is 6.54 Å². The molecule has 0 aromatic heterocycles. The summed E-state index contributed by atoms with van der Waals surface area (Å²) in [5, 5.41) is 0. The molecule has 1 aromatic rings. The molecule has 1 aromatic carbocycles. The lowest BCUT2D eigenvalue weighted by atomic mass is 9.57. The number of benzene rings is 1. The maximum atomic E-state index is 5.96. The molecule has 1 nitrogen and oxygen atoms in total. The molecule has 2 unspecified atom stereocenters. The van der Waals surface area contributed by atoms with E-state index in [-0.39, 0.29) is 5.41 Å². The molecular formula is C13H19N. The van der Waals surface area contributed by atoms with E-state index in [1.54, 1.807) is 0 Å². The molecule has 14 heavy (non-hydrogen) atoms. The van der Waals surface area contributed by atoms with E-state index in [9.17, 15) is 0 Å². The predicted octanol–water partition coefficient (Wildman–Crippen LogP) is 2.62. The molecule has 2 rings (SSSR count). The lowest BCUT2D eigenvalue weighted by molar-refractivity contribution is 0.145. The summed E-state index contributed by atoms with van der Waals surface area (Å²) in [6.45, 7) is 5.31. The van der Waals surface area contributed by atoms with Crippen molar-refractivity contribution in [3.05, 3.63) is 35.4 Å². The third-order valence-electron chi connectivity index (χ3n) is 4.01. The molecule has 76 valence electrons. The van der Waals surface area contributed by atoms with Crippen molar-refractivity contribution in [2.24, 2.45) is 11.7 Å². The summed E-state index contributed by atoms with van der Waals surface area (Å²) in [6, 6.07) is 8.67. The second-order valence-electron chi connectivity index (χ2n) is 4.61. The van der Waals surface area contributed by atoms with Crippen LogP contribution in [0, 0.1) is 12.8 Å². The fourth-order valence-corrected chi connectivity index (χ4v) is 2.73. The first-order valence-corrected chi connectivity index (χ1v) is 5.47. The quantitative estimate of drug-likeness (QED) is 0.760. The molecule has 0 saturated heterocycles. The average molecular weight is 189 g/mol. The van der Waals surface area contributed by atoms with Gasteiger partial charge < -0.3 is 5.73 Å². The monoisotopic (exact) mass is 189 g/mol. The normalized spacial score (nSPS) is 31.2. The average Bonchev–Trinajstić information content (AvgIpc) is 2.20. The molecule has 1 aliphatic rings. The van der Waals surface area contributed by atoms with Crippen LogP contribution in [-0.4, -0.2) is 6.54 Å². The highest BCUT2D eigenvalue weighted by Crippen LogP contribution is 2.48. The molecule has 2 N–H and O–H groups in total. The number of nitrogens with two attached hydrogens (primary N) is 1. The van der Waals surface area contributed by atoms with Crippen molar-refractivity contribution >= 4 is 0 Å². The van der Waals surface area contributed by atoms with Gasteiger partial charge in [0.1, 0.15) is 0 Å². The van der Waals surface area contributed by atoms with Crippen molar-refractivity contribution in [2.45, 2.75) is 32.1 Å². The Balaban J connectivity index is 2.42. The van der Waals surface area contributed by atoms with E-state index in [1.165, 1.54) is 24.0 Å². The van der Waals surface area contributed by atoms with Gasteiger partial charge in [-0.3, -0.25) is 0 Å². The highest BCUT2D eigenvalue weighted by Gasteiger charge is 2.44. The number of hydrogen-bond acceptors (Lipinski definition) is 1. The van der Waals surface area contributed by atoms with E-state index in [0.717, 1.165) is 12.5 Å². The minimum Gasteiger partial charge on any atom is -0.330 e. The van der Waals surface area contributed by atoms with E-state index in [4.69, 9.17) is 5.73 Å². The highest BCUT2D eigenvalue weighted by atomic mass is 14.7. The van der Waals surface area contributed by atoms with Crippen LogP contribution in [0.4, 0.5) is 0 Å². The van der Waals surface area contributed by atoms with Crippen LogP contribution in [0.2, 0.25) is 0 Å². The van der Waals surface area contributed by atoms with Gasteiger partial charge in [-0.05, 0) is 36.8 Å². The van der Waals surface area contributed by atoms with Gasteiger partial charge in [-0.25, -0.2) is 0 Å². The van der Waals surface area contributed by atoms with E-state index >= 15 is 0 Å². The van der Waals surface area contributed by atoms with Crippen molar-refractivity contribution in [3.8, 4) is 0 Å². The zero-order valence-corrected chi connectivity index (χ0v) is 9.09. The highest BCUT2D eigenvalue weighted by molar-refractivity contribution is 5.36. The Hall–Kier alpha value is -0.820. The third kappa shape index (κ3) is 1.19. The Morgan fingerprint density at radius 1 is 1.43 bits per heavy atom. The Morgan fingerprint density at radius 2 is 2.14 bits per heavy atom. The Kier molecular flexibility index (Phi) is 2.36. The predicted molar refractivity (Wildman–Crippen MR) is 60.3 cm³/mol. The molecule has 0 amide bonds. The van der Waals surface area contributed by atoms with Gasteiger partial charge in [-0.2, -0.15) is 0 Å². The maximum Gasteiger partial charge on any atom is 0.0104 e. The van der Waals surface area contributed by atoms with Crippen LogP contribution in [-0.2, 0) is 5.41 Å². The van der Waals surface area contributed by atoms with Gasteiger partial charge in [0.15, 0.2) is 0 Å².